The molecule has 2 N–H and O–H groups in total. The number of hydrogen-bond acceptors (Lipinski definition) is 6. The second-order valence-electron chi connectivity index (χ2n) is 7.08. The molecule has 1 amide bonds. The molecule has 156 valence electrons. The van der Waals surface area contributed by atoms with Crippen LogP contribution in [0.3, 0.4) is 0 Å². The largest absolute Gasteiger partial charge is 0.379 e. The van der Waals surface area contributed by atoms with Crippen molar-refractivity contribution < 1.29 is 9.53 Å². The number of hydrogen-bond donors (Lipinski definition) is 2. The number of aryl methyl sites for hydroxylation is 1. The lowest BCUT2D eigenvalue weighted by atomic mass is 10.0. The van der Waals surface area contributed by atoms with Crippen LogP contribution in [0.1, 0.15) is 29.3 Å². The molecule has 1 aromatic heterocycles. The van der Waals surface area contributed by atoms with Gasteiger partial charge in [0.1, 0.15) is 0 Å². The number of carbonyl (C=O) groups is 1. The maximum absolute atomic E-state index is 12.7. The van der Waals surface area contributed by atoms with Crippen LogP contribution in [-0.4, -0.2) is 59.9 Å². The van der Waals surface area contributed by atoms with Crippen LogP contribution in [0.5, 0.6) is 0 Å². The summed E-state index contributed by atoms with van der Waals surface area (Å²) in [6.45, 7) is 5.71. The van der Waals surface area contributed by atoms with E-state index < -0.39 is 0 Å². The Kier molecular flexibility index (Phi) is 7.85. The SMILES string of the molecule is CSc1nc(C)c(CCC(=O)N[C@H](CN2CCOCC2)c2ccccc2)c(=O)[nH]1. The number of thioether (sulfide) groups is 1. The minimum absolute atomic E-state index is 0.0696. The fourth-order valence-electron chi connectivity index (χ4n) is 3.44. The highest BCUT2D eigenvalue weighted by Gasteiger charge is 2.20. The maximum Gasteiger partial charge on any atom is 0.254 e. The van der Waals surface area contributed by atoms with Crippen molar-refractivity contribution in [1.82, 2.24) is 20.2 Å². The first-order valence-corrected chi connectivity index (χ1v) is 11.1. The van der Waals surface area contributed by atoms with Gasteiger partial charge >= 0.3 is 0 Å². The van der Waals surface area contributed by atoms with E-state index in [0.29, 0.717) is 22.8 Å². The third-order valence-electron chi connectivity index (χ3n) is 5.08. The average molecular weight is 417 g/mol. The number of morpholine rings is 1. The van der Waals surface area contributed by atoms with Crippen molar-refractivity contribution in [2.45, 2.75) is 31.0 Å². The summed E-state index contributed by atoms with van der Waals surface area (Å²) in [6, 6.07) is 9.90. The van der Waals surface area contributed by atoms with E-state index in [2.05, 4.69) is 20.2 Å². The molecule has 8 heteroatoms. The van der Waals surface area contributed by atoms with E-state index in [1.807, 2.05) is 43.5 Å². The van der Waals surface area contributed by atoms with Gasteiger partial charge < -0.3 is 15.0 Å². The molecule has 1 aliphatic heterocycles. The Balaban J connectivity index is 1.64. The molecule has 1 fully saturated rings. The van der Waals surface area contributed by atoms with Crippen molar-refractivity contribution in [3.8, 4) is 0 Å². The minimum atomic E-state index is -0.164. The zero-order valence-electron chi connectivity index (χ0n) is 16.9. The first-order chi connectivity index (χ1) is 14.1. The molecule has 29 heavy (non-hydrogen) atoms. The van der Waals surface area contributed by atoms with Crippen molar-refractivity contribution in [1.29, 1.82) is 0 Å². The molecule has 0 aliphatic carbocycles. The Hall–Kier alpha value is -2.16. The molecular formula is C21H28N4O3S. The quantitative estimate of drug-likeness (QED) is 0.505. The van der Waals surface area contributed by atoms with Crippen LogP contribution >= 0.6 is 11.8 Å². The van der Waals surface area contributed by atoms with Crippen LogP contribution in [-0.2, 0) is 16.0 Å². The van der Waals surface area contributed by atoms with Gasteiger partial charge in [0.25, 0.3) is 5.56 Å². The first-order valence-electron chi connectivity index (χ1n) is 9.85. The zero-order valence-corrected chi connectivity index (χ0v) is 17.8. The van der Waals surface area contributed by atoms with E-state index in [-0.39, 0.29) is 23.9 Å². The Labute approximate surface area is 175 Å². The van der Waals surface area contributed by atoms with Crippen LogP contribution in [0.25, 0.3) is 0 Å². The van der Waals surface area contributed by atoms with Crippen LogP contribution in [0.4, 0.5) is 0 Å². The Bertz CT molecular complexity index is 866. The number of nitrogens with one attached hydrogen (secondary N) is 2. The normalized spacial score (nSPS) is 15.8. The molecule has 1 saturated heterocycles. The number of H-pyrrole nitrogens is 1. The van der Waals surface area contributed by atoms with Crippen LogP contribution < -0.4 is 10.9 Å². The van der Waals surface area contributed by atoms with Gasteiger partial charge in [-0.1, -0.05) is 42.1 Å². The molecule has 1 atom stereocenters. The topological polar surface area (TPSA) is 87.3 Å². The summed E-state index contributed by atoms with van der Waals surface area (Å²) in [6.07, 6.45) is 2.48. The van der Waals surface area contributed by atoms with E-state index in [0.717, 1.165) is 38.4 Å². The van der Waals surface area contributed by atoms with Crippen molar-refractivity contribution in [2.24, 2.45) is 0 Å². The summed E-state index contributed by atoms with van der Waals surface area (Å²) >= 11 is 1.39. The third-order valence-corrected chi connectivity index (χ3v) is 5.66. The van der Waals surface area contributed by atoms with E-state index >= 15 is 0 Å². The van der Waals surface area contributed by atoms with E-state index in [4.69, 9.17) is 4.74 Å². The van der Waals surface area contributed by atoms with Gasteiger partial charge in [-0.2, -0.15) is 0 Å². The lowest BCUT2D eigenvalue weighted by Gasteiger charge is -2.31. The van der Waals surface area contributed by atoms with E-state index in [9.17, 15) is 9.59 Å². The summed E-state index contributed by atoms with van der Waals surface area (Å²) in [7, 11) is 0. The van der Waals surface area contributed by atoms with Crippen molar-refractivity contribution in [2.75, 3.05) is 39.1 Å². The summed E-state index contributed by atoms with van der Waals surface area (Å²) in [5, 5.41) is 3.75. The first kappa shape index (κ1) is 21.5. The van der Waals surface area contributed by atoms with Crippen LogP contribution in [0, 0.1) is 6.92 Å². The van der Waals surface area contributed by atoms with E-state index in [1.165, 1.54) is 11.8 Å². The smallest absolute Gasteiger partial charge is 0.254 e. The molecule has 0 bridgehead atoms. The molecule has 0 saturated carbocycles. The summed E-state index contributed by atoms with van der Waals surface area (Å²) in [4.78, 5) is 34.4. The van der Waals surface area contributed by atoms with Crippen molar-refractivity contribution in [3.05, 3.63) is 57.5 Å². The fourth-order valence-corrected chi connectivity index (χ4v) is 3.87. The van der Waals surface area contributed by atoms with Crippen molar-refractivity contribution in [3.63, 3.8) is 0 Å². The van der Waals surface area contributed by atoms with Gasteiger partial charge in [0.15, 0.2) is 5.16 Å². The number of amides is 1. The Morgan fingerprint density at radius 1 is 1.31 bits per heavy atom. The van der Waals surface area contributed by atoms with Gasteiger partial charge in [-0.3, -0.25) is 14.5 Å². The number of carbonyl (C=O) groups excluding carboxylic acids is 1. The molecular weight excluding hydrogens is 388 g/mol. The third kappa shape index (κ3) is 6.16. The lowest BCUT2D eigenvalue weighted by Crippen LogP contribution is -2.43. The molecule has 2 heterocycles. The summed E-state index contributed by atoms with van der Waals surface area (Å²) < 4.78 is 5.43. The van der Waals surface area contributed by atoms with E-state index in [1.54, 1.807) is 0 Å². The molecule has 1 aromatic carbocycles. The zero-order chi connectivity index (χ0) is 20.6. The highest BCUT2D eigenvalue weighted by Crippen LogP contribution is 2.16. The van der Waals surface area contributed by atoms with Gasteiger partial charge in [-0.05, 0) is 25.2 Å². The minimum Gasteiger partial charge on any atom is -0.379 e. The molecule has 0 radical (unpaired) electrons. The maximum atomic E-state index is 12.7. The summed E-state index contributed by atoms with van der Waals surface area (Å²) in [5.74, 6) is -0.0696. The number of ether oxygens (including phenoxy) is 1. The number of rotatable bonds is 8. The van der Waals surface area contributed by atoms with Gasteiger partial charge in [0, 0.05) is 37.3 Å². The average Bonchev–Trinajstić information content (AvgIpc) is 2.74. The summed E-state index contributed by atoms with van der Waals surface area (Å²) in [5.41, 5.74) is 2.16. The predicted octanol–water partition coefficient (Wildman–Crippen LogP) is 1.92. The van der Waals surface area contributed by atoms with Gasteiger partial charge in [0.05, 0.1) is 19.3 Å². The number of aromatic nitrogens is 2. The highest BCUT2D eigenvalue weighted by molar-refractivity contribution is 7.98. The van der Waals surface area contributed by atoms with Gasteiger partial charge in [-0.15, -0.1) is 0 Å². The standard InChI is InChI=1S/C21H28N4O3S/c1-15-17(20(27)24-21(22-15)29-2)8-9-19(26)23-18(16-6-4-3-5-7-16)14-25-10-12-28-13-11-25/h3-7,18H,8-14H2,1-2H3,(H,23,26)(H,22,24,27)/t18-/m1/s1. The molecule has 3 rings (SSSR count). The fraction of sp³-hybridized carbons (Fsp3) is 0.476. The van der Waals surface area contributed by atoms with Crippen LogP contribution in [0.15, 0.2) is 40.3 Å². The molecule has 7 nitrogen and oxygen atoms in total. The highest BCUT2D eigenvalue weighted by atomic mass is 32.2. The Morgan fingerprint density at radius 3 is 2.69 bits per heavy atom. The predicted molar refractivity (Wildman–Crippen MR) is 114 cm³/mol. The molecule has 0 spiro atoms. The monoisotopic (exact) mass is 416 g/mol. The Morgan fingerprint density at radius 2 is 2.03 bits per heavy atom. The van der Waals surface area contributed by atoms with Crippen molar-refractivity contribution >= 4 is 17.7 Å². The van der Waals surface area contributed by atoms with Gasteiger partial charge in [-0.25, -0.2) is 4.98 Å². The second-order valence-corrected chi connectivity index (χ2v) is 7.88. The molecule has 0 unspecified atom stereocenters. The number of benzene rings is 1. The number of nitrogens with zero attached hydrogens (tertiary/aromatic N) is 2. The molecule has 1 aliphatic rings. The molecule has 2 aromatic rings. The lowest BCUT2D eigenvalue weighted by molar-refractivity contribution is -0.122. The number of aromatic amines is 1. The second kappa shape index (κ2) is 10.6. The van der Waals surface area contributed by atoms with Crippen LogP contribution in [0.2, 0.25) is 0 Å². The van der Waals surface area contributed by atoms with Gasteiger partial charge in [0.2, 0.25) is 5.91 Å².